The summed E-state index contributed by atoms with van der Waals surface area (Å²) in [5.41, 5.74) is 1.76. The highest BCUT2D eigenvalue weighted by atomic mass is 16.5. The summed E-state index contributed by atoms with van der Waals surface area (Å²) in [4.78, 5) is 15.9. The van der Waals surface area contributed by atoms with Gasteiger partial charge in [0.15, 0.2) is 0 Å². The van der Waals surface area contributed by atoms with E-state index in [9.17, 15) is 9.90 Å². The average Bonchev–Trinajstić information content (AvgIpc) is 2.44. The van der Waals surface area contributed by atoms with Gasteiger partial charge >= 0.3 is 5.97 Å². The van der Waals surface area contributed by atoms with Crippen molar-refractivity contribution >= 4 is 16.9 Å². The number of carboxylic acid groups (broad SMARTS) is 1. The molecule has 0 aliphatic carbocycles. The fraction of sp³-hybridized carbons (Fsp3) is 0.333. The minimum atomic E-state index is -0.929. The molecule has 4 nitrogen and oxygen atoms in total. The summed E-state index contributed by atoms with van der Waals surface area (Å²) in [6.45, 7) is 4.10. The third-order valence-electron chi connectivity index (χ3n) is 3.38. The summed E-state index contributed by atoms with van der Waals surface area (Å²) in [5.74, 6) is -0.0199. The first-order valence-electron chi connectivity index (χ1n) is 6.28. The largest absolute Gasteiger partial charge is 0.497 e. The van der Waals surface area contributed by atoms with Gasteiger partial charge in [-0.3, -0.25) is 4.98 Å². The molecule has 0 aliphatic rings. The second kappa shape index (κ2) is 5.26. The van der Waals surface area contributed by atoms with Gasteiger partial charge in [-0.25, -0.2) is 4.79 Å². The van der Waals surface area contributed by atoms with Gasteiger partial charge in [-0.05, 0) is 30.5 Å². The van der Waals surface area contributed by atoms with Crippen LogP contribution in [-0.4, -0.2) is 23.2 Å². The lowest BCUT2D eigenvalue weighted by Gasteiger charge is -2.12. The first-order chi connectivity index (χ1) is 9.06. The Balaban J connectivity index is 2.72. The van der Waals surface area contributed by atoms with Gasteiger partial charge < -0.3 is 9.84 Å². The van der Waals surface area contributed by atoms with Crippen LogP contribution in [0, 0.1) is 0 Å². The molecule has 4 heteroatoms. The summed E-state index contributed by atoms with van der Waals surface area (Å²) >= 11 is 0. The van der Waals surface area contributed by atoms with Crippen LogP contribution in [-0.2, 0) is 0 Å². The number of aromatic carboxylic acids is 1. The molecule has 1 heterocycles. The number of ether oxygens (including phenoxy) is 1. The predicted molar refractivity (Wildman–Crippen MR) is 74.0 cm³/mol. The van der Waals surface area contributed by atoms with Crippen molar-refractivity contribution in [3.63, 3.8) is 0 Å². The minimum absolute atomic E-state index is 0.230. The van der Waals surface area contributed by atoms with Gasteiger partial charge in [0.05, 0.1) is 18.2 Å². The zero-order chi connectivity index (χ0) is 14.0. The quantitative estimate of drug-likeness (QED) is 0.913. The Morgan fingerprint density at radius 1 is 1.42 bits per heavy atom. The van der Waals surface area contributed by atoms with E-state index < -0.39 is 5.97 Å². The number of carboxylic acids is 1. The molecule has 0 radical (unpaired) electrons. The Morgan fingerprint density at radius 3 is 2.74 bits per heavy atom. The Labute approximate surface area is 112 Å². The maximum atomic E-state index is 11.4. The van der Waals surface area contributed by atoms with Crippen LogP contribution in [0.4, 0.5) is 0 Å². The lowest BCUT2D eigenvalue weighted by atomic mass is 10.00. The van der Waals surface area contributed by atoms with Crippen molar-refractivity contribution in [3.8, 4) is 5.75 Å². The third kappa shape index (κ3) is 2.52. The number of methoxy groups -OCH3 is 1. The van der Waals surface area contributed by atoms with Crippen molar-refractivity contribution in [2.45, 2.75) is 26.2 Å². The molecule has 0 saturated carbocycles. The van der Waals surface area contributed by atoms with E-state index in [0.717, 1.165) is 12.1 Å². The van der Waals surface area contributed by atoms with Gasteiger partial charge in [-0.1, -0.05) is 13.8 Å². The van der Waals surface area contributed by atoms with Gasteiger partial charge in [-0.2, -0.15) is 0 Å². The van der Waals surface area contributed by atoms with Crippen molar-refractivity contribution in [2.75, 3.05) is 7.11 Å². The van der Waals surface area contributed by atoms with E-state index in [2.05, 4.69) is 11.9 Å². The highest BCUT2D eigenvalue weighted by molar-refractivity contribution is 6.02. The standard InChI is InChI=1S/C15H17NO3/c1-4-9(2)13-8-12(15(17)18)11-6-5-10(19-3)7-14(11)16-13/h5-9H,4H2,1-3H3,(H,17,18). The Bertz CT molecular complexity index is 622. The number of hydrogen-bond acceptors (Lipinski definition) is 3. The topological polar surface area (TPSA) is 59.4 Å². The number of fused-ring (bicyclic) bond motifs is 1. The molecule has 2 rings (SSSR count). The number of pyridine rings is 1. The maximum absolute atomic E-state index is 11.4. The van der Waals surface area contributed by atoms with Crippen molar-refractivity contribution in [3.05, 3.63) is 35.5 Å². The van der Waals surface area contributed by atoms with Crippen molar-refractivity contribution in [1.82, 2.24) is 4.98 Å². The number of hydrogen-bond donors (Lipinski definition) is 1. The molecule has 0 saturated heterocycles. The summed E-state index contributed by atoms with van der Waals surface area (Å²) in [5, 5.41) is 9.97. The van der Waals surface area contributed by atoms with Gasteiger partial charge in [0.2, 0.25) is 0 Å². The second-order valence-corrected chi connectivity index (χ2v) is 4.59. The summed E-state index contributed by atoms with van der Waals surface area (Å²) in [6.07, 6.45) is 0.918. The van der Waals surface area contributed by atoms with Crippen LogP contribution >= 0.6 is 0 Å². The van der Waals surface area contributed by atoms with Gasteiger partial charge in [0.1, 0.15) is 5.75 Å². The fourth-order valence-electron chi connectivity index (χ4n) is 1.99. The molecule has 100 valence electrons. The van der Waals surface area contributed by atoms with E-state index in [1.807, 2.05) is 6.92 Å². The highest BCUT2D eigenvalue weighted by Gasteiger charge is 2.15. The van der Waals surface area contributed by atoms with E-state index in [1.165, 1.54) is 0 Å². The molecule has 2 aromatic rings. The maximum Gasteiger partial charge on any atom is 0.336 e. The van der Waals surface area contributed by atoms with Crippen LogP contribution in [0.25, 0.3) is 10.9 Å². The van der Waals surface area contributed by atoms with Crippen LogP contribution in [0.2, 0.25) is 0 Å². The van der Waals surface area contributed by atoms with Crippen LogP contribution in [0.15, 0.2) is 24.3 Å². The second-order valence-electron chi connectivity index (χ2n) is 4.59. The molecular weight excluding hydrogens is 242 g/mol. The molecule has 1 aromatic heterocycles. The Morgan fingerprint density at radius 2 is 2.16 bits per heavy atom. The normalized spacial score (nSPS) is 12.4. The first kappa shape index (κ1) is 13.3. The van der Waals surface area contributed by atoms with Crippen LogP contribution < -0.4 is 4.74 Å². The lowest BCUT2D eigenvalue weighted by molar-refractivity contribution is 0.0699. The zero-order valence-electron chi connectivity index (χ0n) is 11.3. The number of carbonyl (C=O) groups is 1. The molecule has 1 unspecified atom stereocenters. The summed E-state index contributed by atoms with van der Waals surface area (Å²) < 4.78 is 5.16. The van der Waals surface area contributed by atoms with E-state index in [1.54, 1.807) is 31.4 Å². The van der Waals surface area contributed by atoms with E-state index >= 15 is 0 Å². The molecule has 0 fully saturated rings. The SMILES string of the molecule is CCC(C)c1cc(C(=O)O)c2ccc(OC)cc2n1. The van der Waals surface area contributed by atoms with Gasteiger partial charge in [-0.15, -0.1) is 0 Å². The summed E-state index contributed by atoms with van der Waals surface area (Å²) in [6, 6.07) is 6.93. The van der Waals surface area contributed by atoms with Crippen LogP contribution in [0.5, 0.6) is 5.75 Å². The van der Waals surface area contributed by atoms with Crippen molar-refractivity contribution in [1.29, 1.82) is 0 Å². The molecule has 1 N–H and O–H groups in total. The number of nitrogens with zero attached hydrogens (tertiary/aromatic N) is 1. The van der Waals surface area contributed by atoms with E-state index in [-0.39, 0.29) is 5.92 Å². The van der Waals surface area contributed by atoms with Gasteiger partial charge in [0.25, 0.3) is 0 Å². The fourth-order valence-corrected chi connectivity index (χ4v) is 1.99. The van der Waals surface area contributed by atoms with Crippen LogP contribution in [0.1, 0.15) is 42.2 Å². The lowest BCUT2D eigenvalue weighted by Crippen LogP contribution is -2.04. The molecule has 0 bridgehead atoms. The smallest absolute Gasteiger partial charge is 0.336 e. The molecule has 1 aromatic carbocycles. The first-order valence-corrected chi connectivity index (χ1v) is 6.28. The molecule has 0 amide bonds. The summed E-state index contributed by atoms with van der Waals surface area (Å²) in [7, 11) is 1.58. The number of benzene rings is 1. The Hall–Kier alpha value is -2.10. The van der Waals surface area contributed by atoms with Crippen molar-refractivity contribution in [2.24, 2.45) is 0 Å². The molecule has 1 atom stereocenters. The average molecular weight is 259 g/mol. The molecule has 19 heavy (non-hydrogen) atoms. The molecular formula is C15H17NO3. The van der Waals surface area contributed by atoms with Crippen molar-refractivity contribution < 1.29 is 14.6 Å². The Kier molecular flexibility index (Phi) is 3.69. The van der Waals surface area contributed by atoms with Crippen LogP contribution in [0.3, 0.4) is 0 Å². The highest BCUT2D eigenvalue weighted by Crippen LogP contribution is 2.26. The minimum Gasteiger partial charge on any atom is -0.497 e. The third-order valence-corrected chi connectivity index (χ3v) is 3.38. The number of aromatic nitrogens is 1. The zero-order valence-corrected chi connectivity index (χ0v) is 11.3. The molecule has 0 aliphatic heterocycles. The molecule has 0 spiro atoms. The van der Waals surface area contributed by atoms with E-state index in [0.29, 0.717) is 22.2 Å². The monoisotopic (exact) mass is 259 g/mol. The van der Waals surface area contributed by atoms with E-state index in [4.69, 9.17) is 4.74 Å². The number of rotatable bonds is 4. The predicted octanol–water partition coefficient (Wildman–Crippen LogP) is 3.46. The van der Waals surface area contributed by atoms with Gasteiger partial charge in [0, 0.05) is 17.1 Å².